The summed E-state index contributed by atoms with van der Waals surface area (Å²) in [5.41, 5.74) is 1.98. The van der Waals surface area contributed by atoms with Crippen LogP contribution in [0.25, 0.3) is 0 Å². The molecule has 3 amide bonds. The summed E-state index contributed by atoms with van der Waals surface area (Å²) < 4.78 is 0. The number of amides is 3. The second kappa shape index (κ2) is 7.35. The van der Waals surface area contributed by atoms with Crippen LogP contribution in [0, 0.1) is 13.8 Å². The largest absolute Gasteiger partial charge is 0.325 e. The van der Waals surface area contributed by atoms with Gasteiger partial charge in [-0.25, -0.2) is 4.79 Å². The molecule has 0 bridgehead atoms. The van der Waals surface area contributed by atoms with Crippen molar-refractivity contribution in [2.75, 3.05) is 6.54 Å². The van der Waals surface area contributed by atoms with Crippen LogP contribution in [0.4, 0.5) is 4.79 Å². The third-order valence-electron chi connectivity index (χ3n) is 5.06. The molecule has 1 aliphatic heterocycles. The molecule has 0 spiro atoms. The van der Waals surface area contributed by atoms with Gasteiger partial charge in [0.15, 0.2) is 5.78 Å². The molecule has 1 atom stereocenters. The normalized spacial score (nSPS) is 19.3. The number of hydrogen-bond acceptors (Lipinski definition) is 3. The Labute approximate surface area is 159 Å². The number of imide groups is 1. The van der Waals surface area contributed by atoms with E-state index in [0.717, 1.165) is 28.0 Å². The molecule has 27 heavy (non-hydrogen) atoms. The Morgan fingerprint density at radius 2 is 1.78 bits per heavy atom. The molecule has 5 nitrogen and oxygen atoms in total. The number of nitrogens with one attached hydrogen (secondary N) is 1. The summed E-state index contributed by atoms with van der Waals surface area (Å²) in [5.74, 6) is -0.598. The van der Waals surface area contributed by atoms with E-state index in [2.05, 4.69) is 5.32 Å². The van der Waals surface area contributed by atoms with E-state index in [1.165, 1.54) is 0 Å². The summed E-state index contributed by atoms with van der Waals surface area (Å²) in [7, 11) is 0. The fourth-order valence-electron chi connectivity index (χ4n) is 3.64. The van der Waals surface area contributed by atoms with Crippen LogP contribution in [0.1, 0.15) is 46.8 Å². The predicted molar refractivity (Wildman–Crippen MR) is 104 cm³/mol. The van der Waals surface area contributed by atoms with Crippen molar-refractivity contribution >= 4 is 17.7 Å². The summed E-state index contributed by atoms with van der Waals surface area (Å²) >= 11 is 0. The quantitative estimate of drug-likeness (QED) is 0.627. The molecule has 1 unspecified atom stereocenters. The second-order valence-corrected chi connectivity index (χ2v) is 7.08. The Balaban J connectivity index is 1.91. The molecule has 0 aromatic heterocycles. The lowest BCUT2D eigenvalue weighted by molar-refractivity contribution is -0.131. The molecule has 140 valence electrons. The number of carbonyl (C=O) groups is 3. The third-order valence-corrected chi connectivity index (χ3v) is 5.06. The molecule has 0 aliphatic carbocycles. The third kappa shape index (κ3) is 3.37. The maximum absolute atomic E-state index is 13.2. The Hall–Kier alpha value is -2.95. The highest BCUT2D eigenvalue weighted by Crippen LogP contribution is 2.33. The summed E-state index contributed by atoms with van der Waals surface area (Å²) in [6, 6.07) is 14.3. The number of urea groups is 1. The van der Waals surface area contributed by atoms with Gasteiger partial charge in [0.05, 0.1) is 6.54 Å². The van der Waals surface area contributed by atoms with Gasteiger partial charge >= 0.3 is 6.03 Å². The minimum atomic E-state index is -1.10. The zero-order valence-electron chi connectivity index (χ0n) is 15.9. The van der Waals surface area contributed by atoms with Crippen molar-refractivity contribution in [1.82, 2.24) is 10.2 Å². The number of carbonyl (C=O) groups excluding carboxylic acids is 3. The van der Waals surface area contributed by atoms with Crippen LogP contribution < -0.4 is 5.32 Å². The summed E-state index contributed by atoms with van der Waals surface area (Å²) in [5, 5.41) is 2.85. The number of rotatable bonds is 6. The summed E-state index contributed by atoms with van der Waals surface area (Å²) in [6.45, 7) is 5.47. The van der Waals surface area contributed by atoms with Crippen LogP contribution in [0.2, 0.25) is 0 Å². The Morgan fingerprint density at radius 1 is 1.07 bits per heavy atom. The average Bonchev–Trinajstić information content (AvgIpc) is 2.90. The zero-order chi connectivity index (χ0) is 19.6. The second-order valence-electron chi connectivity index (χ2n) is 7.08. The molecular formula is C22H24N2O3. The first kappa shape index (κ1) is 18.8. The van der Waals surface area contributed by atoms with E-state index in [1.54, 1.807) is 6.07 Å². The van der Waals surface area contributed by atoms with Crippen LogP contribution in [-0.4, -0.2) is 29.2 Å². The van der Waals surface area contributed by atoms with E-state index >= 15 is 0 Å². The monoisotopic (exact) mass is 364 g/mol. The SMILES string of the molecule is CCCC1(c2ccccc2)NC(=O)N(CC(=O)c2cc(C)ccc2C)C1=O. The van der Waals surface area contributed by atoms with Crippen molar-refractivity contribution in [3.05, 3.63) is 70.8 Å². The average molecular weight is 364 g/mol. The first-order valence-electron chi connectivity index (χ1n) is 9.19. The number of ketones is 1. The highest BCUT2D eigenvalue weighted by atomic mass is 16.2. The van der Waals surface area contributed by atoms with Gasteiger partial charge in [0.2, 0.25) is 0 Å². The van der Waals surface area contributed by atoms with Gasteiger partial charge in [-0.05, 0) is 37.5 Å². The number of aryl methyl sites for hydroxylation is 2. The Bertz CT molecular complexity index is 892. The highest BCUT2D eigenvalue weighted by molar-refractivity contribution is 6.11. The zero-order valence-corrected chi connectivity index (χ0v) is 15.9. The molecular weight excluding hydrogens is 340 g/mol. The minimum Gasteiger partial charge on any atom is -0.319 e. The number of nitrogens with zero attached hydrogens (tertiary/aromatic N) is 1. The lowest BCUT2D eigenvalue weighted by Gasteiger charge is -2.26. The van der Waals surface area contributed by atoms with Gasteiger partial charge in [-0.3, -0.25) is 14.5 Å². The van der Waals surface area contributed by atoms with Gasteiger partial charge in [-0.1, -0.05) is 61.4 Å². The predicted octanol–water partition coefficient (Wildman–Crippen LogP) is 3.73. The van der Waals surface area contributed by atoms with Gasteiger partial charge in [0.1, 0.15) is 5.54 Å². The molecule has 0 radical (unpaired) electrons. The molecule has 2 aromatic rings. The standard InChI is InChI=1S/C22H24N2O3/c1-4-12-22(17-8-6-5-7-9-17)20(26)24(21(27)23-22)14-19(25)18-13-15(2)10-11-16(18)3/h5-11,13H,4,12,14H2,1-3H3,(H,23,27). The van der Waals surface area contributed by atoms with Gasteiger partial charge in [0, 0.05) is 5.56 Å². The topological polar surface area (TPSA) is 66.5 Å². The molecule has 2 aromatic carbocycles. The van der Waals surface area contributed by atoms with E-state index in [9.17, 15) is 14.4 Å². The molecule has 1 fully saturated rings. The smallest absolute Gasteiger partial charge is 0.319 e. The molecule has 1 aliphatic rings. The van der Waals surface area contributed by atoms with Gasteiger partial charge in [0.25, 0.3) is 5.91 Å². The van der Waals surface area contributed by atoms with E-state index in [-0.39, 0.29) is 18.2 Å². The number of benzene rings is 2. The lowest BCUT2D eigenvalue weighted by atomic mass is 9.85. The van der Waals surface area contributed by atoms with E-state index in [4.69, 9.17) is 0 Å². The van der Waals surface area contributed by atoms with Gasteiger partial charge in [-0.2, -0.15) is 0 Å². The maximum atomic E-state index is 13.2. The first-order valence-corrected chi connectivity index (χ1v) is 9.19. The van der Waals surface area contributed by atoms with Crippen molar-refractivity contribution in [1.29, 1.82) is 0 Å². The lowest BCUT2D eigenvalue weighted by Crippen LogP contribution is -2.44. The minimum absolute atomic E-state index is 0.236. The first-order chi connectivity index (χ1) is 12.9. The Morgan fingerprint density at radius 3 is 2.44 bits per heavy atom. The molecule has 1 heterocycles. The highest BCUT2D eigenvalue weighted by Gasteiger charge is 2.52. The van der Waals surface area contributed by atoms with Crippen LogP contribution >= 0.6 is 0 Å². The number of hydrogen-bond donors (Lipinski definition) is 1. The van der Waals surface area contributed by atoms with Crippen LogP contribution in [-0.2, 0) is 10.3 Å². The van der Waals surface area contributed by atoms with Gasteiger partial charge < -0.3 is 5.32 Å². The van der Waals surface area contributed by atoms with Gasteiger partial charge in [-0.15, -0.1) is 0 Å². The number of Topliss-reactive ketones (excluding diaryl/α,β-unsaturated/α-hetero) is 1. The fraction of sp³-hybridized carbons (Fsp3) is 0.318. The summed E-state index contributed by atoms with van der Waals surface area (Å²) in [6.07, 6.45) is 1.20. The van der Waals surface area contributed by atoms with Crippen LogP contribution in [0.5, 0.6) is 0 Å². The van der Waals surface area contributed by atoms with Crippen molar-refractivity contribution in [2.24, 2.45) is 0 Å². The van der Waals surface area contributed by atoms with E-state index < -0.39 is 11.6 Å². The van der Waals surface area contributed by atoms with Crippen molar-refractivity contribution in [3.8, 4) is 0 Å². The van der Waals surface area contributed by atoms with Crippen molar-refractivity contribution in [2.45, 2.75) is 39.2 Å². The van der Waals surface area contributed by atoms with E-state index in [0.29, 0.717) is 12.0 Å². The van der Waals surface area contributed by atoms with Crippen LogP contribution in [0.3, 0.4) is 0 Å². The fourth-order valence-corrected chi connectivity index (χ4v) is 3.64. The maximum Gasteiger partial charge on any atom is 0.325 e. The van der Waals surface area contributed by atoms with Crippen molar-refractivity contribution < 1.29 is 14.4 Å². The van der Waals surface area contributed by atoms with Crippen molar-refractivity contribution in [3.63, 3.8) is 0 Å². The molecule has 1 N–H and O–H groups in total. The molecule has 0 saturated carbocycles. The Kier molecular flexibility index (Phi) is 5.13. The van der Waals surface area contributed by atoms with E-state index in [1.807, 2.05) is 63.2 Å². The molecule has 3 rings (SSSR count). The summed E-state index contributed by atoms with van der Waals surface area (Å²) in [4.78, 5) is 39.7. The van der Waals surface area contributed by atoms with Crippen LogP contribution in [0.15, 0.2) is 48.5 Å². The molecule has 5 heteroatoms. The molecule has 1 saturated heterocycles.